The molecule has 4 nitrogen and oxygen atoms in total. The lowest BCUT2D eigenvalue weighted by Crippen LogP contribution is -2.35. The van der Waals surface area contributed by atoms with E-state index in [1.54, 1.807) is 20.8 Å². The Kier molecular flexibility index (Phi) is 5.10. The van der Waals surface area contributed by atoms with Crippen LogP contribution in [0.5, 0.6) is 0 Å². The summed E-state index contributed by atoms with van der Waals surface area (Å²) in [4.78, 5) is 22.8. The van der Waals surface area contributed by atoms with Crippen molar-refractivity contribution in [3.05, 3.63) is 35.4 Å². The highest BCUT2D eigenvalue weighted by Gasteiger charge is 2.20. The normalized spacial score (nSPS) is 12.6. The summed E-state index contributed by atoms with van der Waals surface area (Å²) in [6.45, 7) is 7.37. The molecule has 0 aliphatic heterocycles. The quantitative estimate of drug-likeness (QED) is 0.849. The molecule has 19 heavy (non-hydrogen) atoms. The Morgan fingerprint density at radius 3 is 2.63 bits per heavy atom. The lowest BCUT2D eigenvalue weighted by atomic mass is 10.0. The smallest absolute Gasteiger partial charge is 0.408 e. The van der Waals surface area contributed by atoms with Crippen LogP contribution in [0.4, 0.5) is 4.79 Å². The minimum Gasteiger partial charge on any atom is -0.444 e. The van der Waals surface area contributed by atoms with E-state index >= 15 is 0 Å². The van der Waals surface area contributed by atoms with Crippen LogP contribution >= 0.6 is 0 Å². The van der Waals surface area contributed by atoms with Gasteiger partial charge in [-0.25, -0.2) is 4.79 Å². The summed E-state index contributed by atoms with van der Waals surface area (Å²) in [6, 6.07) is 6.91. The zero-order valence-corrected chi connectivity index (χ0v) is 11.9. The number of carbonyl (C=O) groups is 2. The first-order valence-corrected chi connectivity index (χ1v) is 6.39. The van der Waals surface area contributed by atoms with Crippen LogP contribution in [-0.4, -0.2) is 18.0 Å². The predicted octanol–water partition coefficient (Wildman–Crippen LogP) is 3.01. The van der Waals surface area contributed by atoms with Crippen molar-refractivity contribution in [2.75, 3.05) is 0 Å². The SMILES string of the molecule is CCc1cccc(C(C=O)NC(=O)OC(C)(C)C)c1. The first kappa shape index (κ1) is 15.2. The van der Waals surface area contributed by atoms with E-state index in [4.69, 9.17) is 4.74 Å². The Bertz CT molecular complexity index is 449. The maximum Gasteiger partial charge on any atom is 0.408 e. The molecule has 0 saturated carbocycles. The van der Waals surface area contributed by atoms with Crippen LogP contribution in [0.25, 0.3) is 0 Å². The number of alkyl carbamates (subject to hydrolysis) is 1. The monoisotopic (exact) mass is 263 g/mol. The van der Waals surface area contributed by atoms with Crippen LogP contribution in [0.15, 0.2) is 24.3 Å². The second-order valence-electron chi connectivity index (χ2n) is 5.36. The summed E-state index contributed by atoms with van der Waals surface area (Å²) in [6.07, 6.45) is 0.997. The van der Waals surface area contributed by atoms with Crippen LogP contribution in [0.3, 0.4) is 0 Å². The van der Waals surface area contributed by atoms with Crippen LogP contribution in [0, 0.1) is 0 Å². The molecule has 0 aliphatic carbocycles. The Morgan fingerprint density at radius 1 is 1.42 bits per heavy atom. The van der Waals surface area contributed by atoms with Crippen molar-refractivity contribution in [3.8, 4) is 0 Å². The van der Waals surface area contributed by atoms with Crippen molar-refractivity contribution in [1.82, 2.24) is 5.32 Å². The molecule has 1 aromatic rings. The van der Waals surface area contributed by atoms with Crippen molar-refractivity contribution in [1.29, 1.82) is 0 Å². The highest BCUT2D eigenvalue weighted by atomic mass is 16.6. The molecule has 0 fully saturated rings. The van der Waals surface area contributed by atoms with Crippen LogP contribution < -0.4 is 5.32 Å². The molecule has 0 radical (unpaired) electrons. The summed E-state index contributed by atoms with van der Waals surface area (Å²) >= 11 is 0. The third-order valence-electron chi connectivity index (χ3n) is 2.53. The number of amides is 1. The molecule has 1 unspecified atom stereocenters. The number of benzene rings is 1. The van der Waals surface area contributed by atoms with Gasteiger partial charge in [-0.05, 0) is 38.3 Å². The number of rotatable bonds is 4. The number of hydrogen-bond donors (Lipinski definition) is 1. The molecule has 1 aromatic carbocycles. The molecule has 1 rings (SSSR count). The molecular formula is C15H21NO3. The number of aldehydes is 1. The molecule has 4 heteroatoms. The number of carbonyl (C=O) groups excluding carboxylic acids is 2. The Hall–Kier alpha value is -1.84. The largest absolute Gasteiger partial charge is 0.444 e. The number of ether oxygens (including phenoxy) is 1. The van der Waals surface area contributed by atoms with Gasteiger partial charge < -0.3 is 14.8 Å². The zero-order chi connectivity index (χ0) is 14.5. The summed E-state index contributed by atoms with van der Waals surface area (Å²) in [7, 11) is 0. The molecule has 0 bridgehead atoms. The third-order valence-corrected chi connectivity index (χ3v) is 2.53. The Morgan fingerprint density at radius 2 is 2.11 bits per heavy atom. The lowest BCUT2D eigenvalue weighted by molar-refractivity contribution is -0.109. The summed E-state index contributed by atoms with van der Waals surface area (Å²) in [5.74, 6) is 0. The number of nitrogens with one attached hydrogen (secondary N) is 1. The first-order chi connectivity index (χ1) is 8.85. The maximum absolute atomic E-state index is 11.7. The second-order valence-corrected chi connectivity index (χ2v) is 5.36. The summed E-state index contributed by atoms with van der Waals surface area (Å²) in [5, 5.41) is 2.56. The standard InChI is InChI=1S/C15H21NO3/c1-5-11-7-6-8-12(9-11)13(10-17)16-14(18)19-15(2,3)4/h6-10,13H,5H2,1-4H3,(H,16,18). The first-order valence-electron chi connectivity index (χ1n) is 6.39. The number of aryl methyl sites for hydroxylation is 1. The van der Waals surface area contributed by atoms with Gasteiger partial charge in [-0.3, -0.25) is 0 Å². The van der Waals surface area contributed by atoms with E-state index in [1.807, 2.05) is 31.2 Å². The van der Waals surface area contributed by atoms with E-state index in [0.717, 1.165) is 17.5 Å². The van der Waals surface area contributed by atoms with Gasteiger partial charge in [0, 0.05) is 0 Å². The van der Waals surface area contributed by atoms with Crippen LogP contribution in [0.1, 0.15) is 44.9 Å². The van der Waals surface area contributed by atoms with Crippen molar-refractivity contribution in [2.45, 2.75) is 45.8 Å². The summed E-state index contributed by atoms with van der Waals surface area (Å²) in [5.41, 5.74) is 1.30. The molecular weight excluding hydrogens is 242 g/mol. The molecule has 1 amide bonds. The van der Waals surface area contributed by atoms with Gasteiger partial charge in [-0.2, -0.15) is 0 Å². The van der Waals surface area contributed by atoms with Gasteiger partial charge in [0.05, 0.1) is 0 Å². The second kappa shape index (κ2) is 6.36. The van der Waals surface area contributed by atoms with Gasteiger partial charge in [0.2, 0.25) is 0 Å². The minimum atomic E-state index is -0.679. The average Bonchev–Trinajstić information content (AvgIpc) is 2.34. The third kappa shape index (κ3) is 5.12. The van der Waals surface area contributed by atoms with Gasteiger partial charge in [0.1, 0.15) is 17.9 Å². The fraction of sp³-hybridized carbons (Fsp3) is 0.467. The zero-order valence-electron chi connectivity index (χ0n) is 11.9. The molecule has 0 spiro atoms. The van der Waals surface area contributed by atoms with Crippen LogP contribution in [0.2, 0.25) is 0 Å². The van der Waals surface area contributed by atoms with Crippen LogP contribution in [-0.2, 0) is 16.0 Å². The minimum absolute atomic E-state index is 0.581. The summed E-state index contributed by atoms with van der Waals surface area (Å²) < 4.78 is 5.14. The molecule has 1 N–H and O–H groups in total. The van der Waals surface area contributed by atoms with E-state index in [1.165, 1.54) is 0 Å². The fourth-order valence-electron chi connectivity index (χ4n) is 1.64. The van der Waals surface area contributed by atoms with Crippen molar-refractivity contribution in [2.24, 2.45) is 0 Å². The van der Waals surface area contributed by atoms with E-state index < -0.39 is 17.7 Å². The van der Waals surface area contributed by atoms with Crippen molar-refractivity contribution in [3.63, 3.8) is 0 Å². The van der Waals surface area contributed by atoms with E-state index in [2.05, 4.69) is 5.32 Å². The van der Waals surface area contributed by atoms with Gasteiger partial charge in [-0.1, -0.05) is 31.2 Å². The van der Waals surface area contributed by atoms with Gasteiger partial charge in [0.15, 0.2) is 0 Å². The van der Waals surface area contributed by atoms with Gasteiger partial charge in [-0.15, -0.1) is 0 Å². The van der Waals surface area contributed by atoms with Crippen molar-refractivity contribution < 1.29 is 14.3 Å². The average molecular weight is 263 g/mol. The van der Waals surface area contributed by atoms with E-state index in [9.17, 15) is 9.59 Å². The lowest BCUT2D eigenvalue weighted by Gasteiger charge is -2.21. The molecule has 0 heterocycles. The molecule has 0 saturated heterocycles. The molecule has 0 aliphatic rings. The van der Waals surface area contributed by atoms with Crippen molar-refractivity contribution >= 4 is 12.4 Å². The molecule has 104 valence electrons. The predicted molar refractivity (Wildman–Crippen MR) is 74.0 cm³/mol. The van der Waals surface area contributed by atoms with Gasteiger partial charge >= 0.3 is 6.09 Å². The Balaban J connectivity index is 2.77. The van der Waals surface area contributed by atoms with E-state index in [0.29, 0.717) is 6.29 Å². The molecule has 1 atom stereocenters. The van der Waals surface area contributed by atoms with Gasteiger partial charge in [0.25, 0.3) is 0 Å². The highest BCUT2D eigenvalue weighted by Crippen LogP contribution is 2.15. The topological polar surface area (TPSA) is 55.4 Å². The molecule has 0 aromatic heterocycles. The highest BCUT2D eigenvalue weighted by molar-refractivity contribution is 5.74. The maximum atomic E-state index is 11.7. The van der Waals surface area contributed by atoms with E-state index in [-0.39, 0.29) is 0 Å². The fourth-order valence-corrected chi connectivity index (χ4v) is 1.64. The number of hydrogen-bond acceptors (Lipinski definition) is 3. The Labute approximate surface area is 114 Å².